The van der Waals surface area contributed by atoms with Crippen molar-refractivity contribution in [1.29, 1.82) is 0 Å². The van der Waals surface area contributed by atoms with Gasteiger partial charge in [0, 0.05) is 17.6 Å². The second-order valence-electron chi connectivity index (χ2n) is 5.54. The first-order chi connectivity index (χ1) is 10.5. The maximum atomic E-state index is 12.8. The molecule has 7 nitrogen and oxygen atoms in total. The van der Waals surface area contributed by atoms with E-state index in [-0.39, 0.29) is 18.0 Å². The predicted molar refractivity (Wildman–Crippen MR) is 82.1 cm³/mol. The Morgan fingerprint density at radius 1 is 1.23 bits per heavy atom. The lowest BCUT2D eigenvalue weighted by atomic mass is 10.1. The van der Waals surface area contributed by atoms with Crippen molar-refractivity contribution in [1.82, 2.24) is 25.1 Å². The first-order valence-electron chi connectivity index (χ1n) is 7.19. The van der Waals surface area contributed by atoms with Crippen LogP contribution in [-0.2, 0) is 0 Å². The molecule has 0 saturated heterocycles. The second kappa shape index (κ2) is 6.55. The summed E-state index contributed by atoms with van der Waals surface area (Å²) in [6.07, 6.45) is 1.47. The highest BCUT2D eigenvalue weighted by atomic mass is 16.5. The topological polar surface area (TPSA) is 73.1 Å². The second-order valence-corrected chi connectivity index (χ2v) is 5.54. The standard InChI is InChI=1S/C15H21N5O2/c1-10(2)20(11(3)4)15(21)12-6-7-14(22-5)13(8-12)19-9-16-17-18-19/h6-11H,1-5H3. The van der Waals surface area contributed by atoms with Crippen LogP contribution in [0.1, 0.15) is 38.1 Å². The lowest BCUT2D eigenvalue weighted by Gasteiger charge is -2.31. The minimum absolute atomic E-state index is 0.0259. The molecule has 0 aliphatic carbocycles. The third kappa shape index (κ3) is 3.08. The average molecular weight is 303 g/mol. The van der Waals surface area contributed by atoms with Gasteiger partial charge in [0.1, 0.15) is 17.8 Å². The third-order valence-corrected chi connectivity index (χ3v) is 3.37. The molecule has 2 aromatic rings. The van der Waals surface area contributed by atoms with E-state index >= 15 is 0 Å². The SMILES string of the molecule is COc1ccc(C(=O)N(C(C)C)C(C)C)cc1-n1cnnn1. The summed E-state index contributed by atoms with van der Waals surface area (Å²) in [6, 6.07) is 5.49. The van der Waals surface area contributed by atoms with Crippen LogP contribution in [0.25, 0.3) is 5.69 Å². The molecule has 1 heterocycles. The van der Waals surface area contributed by atoms with Crippen molar-refractivity contribution >= 4 is 5.91 Å². The Hall–Kier alpha value is -2.44. The summed E-state index contributed by atoms with van der Waals surface area (Å²) in [5.74, 6) is 0.575. The molecule has 0 aliphatic heterocycles. The zero-order valence-corrected chi connectivity index (χ0v) is 13.5. The minimum atomic E-state index is -0.0259. The number of amides is 1. The highest BCUT2D eigenvalue weighted by Crippen LogP contribution is 2.24. The third-order valence-electron chi connectivity index (χ3n) is 3.37. The summed E-state index contributed by atoms with van der Waals surface area (Å²) in [5, 5.41) is 11.1. The number of tetrazole rings is 1. The number of ether oxygens (including phenoxy) is 1. The van der Waals surface area contributed by atoms with Crippen molar-refractivity contribution in [3.63, 3.8) is 0 Å². The van der Waals surface area contributed by atoms with Crippen molar-refractivity contribution < 1.29 is 9.53 Å². The first kappa shape index (κ1) is 15.9. The van der Waals surface area contributed by atoms with Crippen LogP contribution in [0.3, 0.4) is 0 Å². The Labute approximate surface area is 129 Å². The van der Waals surface area contributed by atoms with E-state index in [2.05, 4.69) is 15.5 Å². The van der Waals surface area contributed by atoms with Crippen molar-refractivity contribution in [2.24, 2.45) is 0 Å². The van der Waals surface area contributed by atoms with E-state index in [4.69, 9.17) is 4.74 Å². The molecule has 0 spiro atoms. The highest BCUT2D eigenvalue weighted by Gasteiger charge is 2.22. The number of carbonyl (C=O) groups is 1. The molecule has 22 heavy (non-hydrogen) atoms. The Kier molecular flexibility index (Phi) is 4.75. The number of hydrogen-bond acceptors (Lipinski definition) is 5. The Bertz CT molecular complexity index is 629. The molecule has 0 N–H and O–H groups in total. The van der Waals surface area contributed by atoms with Gasteiger partial charge in [-0.2, -0.15) is 4.68 Å². The van der Waals surface area contributed by atoms with Gasteiger partial charge in [-0.3, -0.25) is 4.79 Å². The van der Waals surface area contributed by atoms with Crippen LogP contribution < -0.4 is 4.74 Å². The Morgan fingerprint density at radius 2 is 1.91 bits per heavy atom. The number of carbonyl (C=O) groups excluding carboxylic acids is 1. The molecule has 1 aromatic carbocycles. The van der Waals surface area contributed by atoms with Gasteiger partial charge in [0.15, 0.2) is 0 Å². The molecule has 0 fully saturated rings. The lowest BCUT2D eigenvalue weighted by Crippen LogP contribution is -2.42. The fourth-order valence-corrected chi connectivity index (χ4v) is 2.49. The Morgan fingerprint density at radius 3 is 2.41 bits per heavy atom. The van der Waals surface area contributed by atoms with Gasteiger partial charge in [0.25, 0.3) is 5.91 Å². The maximum absolute atomic E-state index is 12.8. The van der Waals surface area contributed by atoms with Gasteiger partial charge in [-0.05, 0) is 56.3 Å². The zero-order chi connectivity index (χ0) is 16.3. The van der Waals surface area contributed by atoms with Crippen LogP contribution in [-0.4, -0.2) is 50.2 Å². The molecule has 0 radical (unpaired) electrons. The summed E-state index contributed by atoms with van der Waals surface area (Å²) in [4.78, 5) is 14.6. The molecule has 1 aromatic heterocycles. The lowest BCUT2D eigenvalue weighted by molar-refractivity contribution is 0.0643. The van der Waals surface area contributed by atoms with Crippen LogP contribution in [0.4, 0.5) is 0 Å². The highest BCUT2D eigenvalue weighted by molar-refractivity contribution is 5.95. The number of aromatic nitrogens is 4. The molecule has 0 aliphatic rings. The number of nitrogens with zero attached hydrogens (tertiary/aromatic N) is 5. The molecule has 0 saturated carbocycles. The zero-order valence-electron chi connectivity index (χ0n) is 13.5. The number of rotatable bonds is 5. The quantitative estimate of drug-likeness (QED) is 0.844. The fraction of sp³-hybridized carbons (Fsp3) is 0.467. The normalized spacial score (nSPS) is 11.0. The molecule has 118 valence electrons. The smallest absolute Gasteiger partial charge is 0.254 e. The van der Waals surface area contributed by atoms with Gasteiger partial charge in [-0.1, -0.05) is 0 Å². The van der Waals surface area contributed by atoms with E-state index < -0.39 is 0 Å². The molecular formula is C15H21N5O2. The molecule has 0 unspecified atom stereocenters. The van der Waals surface area contributed by atoms with Crippen LogP contribution in [0.15, 0.2) is 24.5 Å². The summed E-state index contributed by atoms with van der Waals surface area (Å²) in [5.41, 5.74) is 1.21. The van der Waals surface area contributed by atoms with Crippen LogP contribution in [0.5, 0.6) is 5.75 Å². The van der Waals surface area contributed by atoms with Crippen LogP contribution >= 0.6 is 0 Å². The van der Waals surface area contributed by atoms with Crippen LogP contribution in [0, 0.1) is 0 Å². The van der Waals surface area contributed by atoms with Gasteiger partial charge in [0.2, 0.25) is 0 Å². The van der Waals surface area contributed by atoms with E-state index in [1.807, 2.05) is 32.6 Å². The van der Waals surface area contributed by atoms with E-state index in [1.165, 1.54) is 11.0 Å². The summed E-state index contributed by atoms with van der Waals surface area (Å²) >= 11 is 0. The predicted octanol–water partition coefficient (Wildman–Crippen LogP) is 1.93. The number of hydrogen-bond donors (Lipinski definition) is 0. The summed E-state index contributed by atoms with van der Waals surface area (Å²) in [6.45, 7) is 8.01. The van der Waals surface area contributed by atoms with E-state index in [1.54, 1.807) is 25.3 Å². The van der Waals surface area contributed by atoms with Gasteiger partial charge in [-0.25, -0.2) is 0 Å². The van der Waals surface area contributed by atoms with Gasteiger partial charge in [-0.15, -0.1) is 5.10 Å². The molecule has 0 atom stereocenters. The molecule has 7 heteroatoms. The summed E-state index contributed by atoms with van der Waals surface area (Å²) in [7, 11) is 1.57. The van der Waals surface area contributed by atoms with Crippen molar-refractivity contribution in [3.8, 4) is 11.4 Å². The molecule has 0 bridgehead atoms. The summed E-state index contributed by atoms with van der Waals surface area (Å²) < 4.78 is 6.79. The Balaban J connectivity index is 2.44. The van der Waals surface area contributed by atoms with E-state index in [9.17, 15) is 4.79 Å². The molecule has 2 rings (SSSR count). The van der Waals surface area contributed by atoms with Gasteiger partial charge < -0.3 is 9.64 Å². The first-order valence-corrected chi connectivity index (χ1v) is 7.19. The van der Waals surface area contributed by atoms with Gasteiger partial charge in [0.05, 0.1) is 7.11 Å². The average Bonchev–Trinajstić information content (AvgIpc) is 2.99. The molecular weight excluding hydrogens is 282 g/mol. The fourth-order valence-electron chi connectivity index (χ4n) is 2.49. The van der Waals surface area contributed by atoms with Crippen LogP contribution in [0.2, 0.25) is 0 Å². The maximum Gasteiger partial charge on any atom is 0.254 e. The van der Waals surface area contributed by atoms with Gasteiger partial charge >= 0.3 is 0 Å². The van der Waals surface area contributed by atoms with E-state index in [0.29, 0.717) is 17.0 Å². The van der Waals surface area contributed by atoms with Crippen molar-refractivity contribution in [3.05, 3.63) is 30.1 Å². The monoisotopic (exact) mass is 303 g/mol. The number of benzene rings is 1. The largest absolute Gasteiger partial charge is 0.494 e. The van der Waals surface area contributed by atoms with E-state index in [0.717, 1.165) is 0 Å². The van der Waals surface area contributed by atoms with Crippen molar-refractivity contribution in [2.75, 3.05) is 7.11 Å². The van der Waals surface area contributed by atoms with Crippen molar-refractivity contribution in [2.45, 2.75) is 39.8 Å². The number of methoxy groups -OCH3 is 1. The molecule has 1 amide bonds. The minimum Gasteiger partial charge on any atom is -0.494 e.